The minimum atomic E-state index is -3.94. The van der Waals surface area contributed by atoms with Gasteiger partial charge in [-0.2, -0.15) is 4.31 Å². The highest BCUT2D eigenvalue weighted by Crippen LogP contribution is 2.31. The molecule has 0 spiro atoms. The van der Waals surface area contributed by atoms with Crippen molar-refractivity contribution in [1.29, 1.82) is 0 Å². The summed E-state index contributed by atoms with van der Waals surface area (Å²) in [6.07, 6.45) is 2.16. The summed E-state index contributed by atoms with van der Waals surface area (Å²) in [6, 6.07) is 10.6. The summed E-state index contributed by atoms with van der Waals surface area (Å²) in [7, 11) is -3.94. The predicted molar refractivity (Wildman–Crippen MR) is 127 cm³/mol. The Bertz CT molecular complexity index is 1220. The van der Waals surface area contributed by atoms with Crippen LogP contribution in [0.1, 0.15) is 59.3 Å². The Morgan fingerprint density at radius 3 is 2.59 bits per heavy atom. The zero-order chi connectivity index (χ0) is 24.5. The predicted octanol–water partition coefficient (Wildman–Crippen LogP) is 2.27. The van der Waals surface area contributed by atoms with Crippen molar-refractivity contribution in [3.8, 4) is 0 Å². The first kappa shape index (κ1) is 24.1. The molecule has 180 valence electrons. The molecule has 1 saturated heterocycles. The number of hydrogen-bond donors (Lipinski definition) is 2. The molecule has 4 rings (SSSR count). The molecule has 2 N–H and O–H groups in total. The third-order valence-corrected chi connectivity index (χ3v) is 8.41. The number of ketones is 1. The Hall–Kier alpha value is -3.04. The quantitative estimate of drug-likeness (QED) is 0.612. The first-order valence-electron chi connectivity index (χ1n) is 11.5. The lowest BCUT2D eigenvalue weighted by molar-refractivity contribution is -0.132. The van der Waals surface area contributed by atoms with Crippen LogP contribution >= 0.6 is 0 Å². The van der Waals surface area contributed by atoms with Gasteiger partial charge in [0.05, 0.1) is 17.4 Å². The summed E-state index contributed by atoms with van der Waals surface area (Å²) in [4.78, 5) is 37.4. The van der Waals surface area contributed by atoms with Crippen LogP contribution in [0.15, 0.2) is 47.4 Å². The fraction of sp³-hybridized carbons (Fsp3) is 0.400. The maximum atomic E-state index is 13.3. The van der Waals surface area contributed by atoms with E-state index in [2.05, 4.69) is 10.6 Å². The number of Topliss-reactive ketones (excluding diaryl/α,β-unsaturated/α-hetero) is 1. The molecule has 1 fully saturated rings. The van der Waals surface area contributed by atoms with Gasteiger partial charge in [0.25, 0.3) is 0 Å². The van der Waals surface area contributed by atoms with Gasteiger partial charge in [0.1, 0.15) is 6.04 Å². The molecule has 2 aromatic carbocycles. The van der Waals surface area contributed by atoms with E-state index < -0.39 is 22.0 Å². The Balaban J connectivity index is 1.52. The molecular weight excluding hydrogens is 454 g/mol. The molecule has 0 radical (unpaired) electrons. The van der Waals surface area contributed by atoms with E-state index in [1.807, 2.05) is 19.1 Å². The smallest absolute Gasteiger partial charge is 0.243 e. The average molecular weight is 484 g/mol. The van der Waals surface area contributed by atoms with Crippen molar-refractivity contribution < 1.29 is 22.8 Å². The summed E-state index contributed by atoms with van der Waals surface area (Å²) < 4.78 is 27.7. The third-order valence-electron chi connectivity index (χ3n) is 6.49. The average Bonchev–Trinajstić information content (AvgIpc) is 2.80. The number of piperazine rings is 1. The van der Waals surface area contributed by atoms with Crippen LogP contribution in [0.5, 0.6) is 0 Å². The zero-order valence-electron chi connectivity index (χ0n) is 19.3. The monoisotopic (exact) mass is 483 g/mol. The SMILES string of the molecule is CC(=O)c1ccc2c(c1)CCC[C@H]2NC(=O)C[C@@H]1C(=O)NCCN1S(=O)(=O)c1ccc(C)cc1. The number of nitrogens with zero attached hydrogens (tertiary/aromatic N) is 1. The molecule has 1 aliphatic carbocycles. The van der Waals surface area contributed by atoms with Gasteiger partial charge < -0.3 is 10.6 Å². The molecule has 0 bridgehead atoms. The number of nitrogens with one attached hydrogen (secondary N) is 2. The number of carbonyl (C=O) groups excluding carboxylic acids is 3. The van der Waals surface area contributed by atoms with Gasteiger partial charge in [0.15, 0.2) is 5.78 Å². The van der Waals surface area contributed by atoms with Gasteiger partial charge in [-0.15, -0.1) is 0 Å². The fourth-order valence-corrected chi connectivity index (χ4v) is 6.22. The van der Waals surface area contributed by atoms with Gasteiger partial charge in [-0.05, 0) is 62.4 Å². The Kier molecular flexibility index (Phi) is 6.86. The zero-order valence-corrected chi connectivity index (χ0v) is 20.2. The van der Waals surface area contributed by atoms with Gasteiger partial charge >= 0.3 is 0 Å². The minimum absolute atomic E-state index is 0.00727. The van der Waals surface area contributed by atoms with Crippen molar-refractivity contribution in [2.75, 3.05) is 13.1 Å². The normalized spacial score (nSPS) is 20.8. The first-order valence-corrected chi connectivity index (χ1v) is 12.9. The highest BCUT2D eigenvalue weighted by Gasteiger charge is 2.40. The maximum absolute atomic E-state index is 13.3. The number of carbonyl (C=O) groups is 3. The van der Waals surface area contributed by atoms with Gasteiger partial charge in [0, 0.05) is 18.7 Å². The molecule has 2 amide bonds. The minimum Gasteiger partial charge on any atom is -0.353 e. The van der Waals surface area contributed by atoms with Crippen molar-refractivity contribution in [1.82, 2.24) is 14.9 Å². The second kappa shape index (κ2) is 9.68. The van der Waals surface area contributed by atoms with Gasteiger partial charge in [-0.1, -0.05) is 29.8 Å². The Morgan fingerprint density at radius 2 is 1.88 bits per heavy atom. The van der Waals surface area contributed by atoms with Crippen LogP contribution in [-0.2, 0) is 26.0 Å². The molecule has 1 aliphatic heterocycles. The molecule has 2 aromatic rings. The molecule has 8 nitrogen and oxygen atoms in total. The van der Waals surface area contributed by atoms with Gasteiger partial charge in [-0.3, -0.25) is 14.4 Å². The van der Waals surface area contributed by atoms with Crippen LogP contribution in [0.2, 0.25) is 0 Å². The molecule has 0 saturated carbocycles. The van der Waals surface area contributed by atoms with E-state index >= 15 is 0 Å². The molecule has 0 unspecified atom stereocenters. The number of rotatable bonds is 6. The van der Waals surface area contributed by atoms with E-state index in [1.54, 1.807) is 18.2 Å². The van der Waals surface area contributed by atoms with E-state index in [-0.39, 0.29) is 42.1 Å². The maximum Gasteiger partial charge on any atom is 0.243 e. The van der Waals surface area contributed by atoms with Gasteiger partial charge in [-0.25, -0.2) is 8.42 Å². The molecule has 2 atom stereocenters. The lowest BCUT2D eigenvalue weighted by atomic mass is 9.86. The van der Waals surface area contributed by atoms with Crippen LogP contribution in [-0.4, -0.2) is 49.5 Å². The number of fused-ring (bicyclic) bond motifs is 1. The molecule has 1 heterocycles. The Morgan fingerprint density at radius 1 is 1.15 bits per heavy atom. The van der Waals surface area contributed by atoms with Crippen molar-refractivity contribution >= 4 is 27.6 Å². The molecule has 34 heavy (non-hydrogen) atoms. The topological polar surface area (TPSA) is 113 Å². The fourth-order valence-electron chi connectivity index (χ4n) is 4.63. The standard InChI is InChI=1S/C25H29N3O5S/c1-16-6-9-20(10-7-16)34(32,33)28-13-12-26-25(31)23(28)15-24(30)27-22-5-3-4-19-14-18(17(2)29)8-11-21(19)22/h6-11,14,22-23H,3-5,12-13,15H2,1-2H3,(H,26,31)(H,27,30)/t22-,23-/m1/s1. The first-order chi connectivity index (χ1) is 16.2. The van der Waals surface area contributed by atoms with Crippen LogP contribution < -0.4 is 10.6 Å². The second-order valence-corrected chi connectivity index (χ2v) is 10.8. The number of sulfonamides is 1. The van der Waals surface area contributed by atoms with Crippen LogP contribution in [0.3, 0.4) is 0 Å². The molecule has 0 aromatic heterocycles. The van der Waals surface area contributed by atoms with Crippen molar-refractivity contribution in [2.24, 2.45) is 0 Å². The highest BCUT2D eigenvalue weighted by atomic mass is 32.2. The van der Waals surface area contributed by atoms with E-state index in [0.29, 0.717) is 5.56 Å². The lowest BCUT2D eigenvalue weighted by Crippen LogP contribution is -2.58. The van der Waals surface area contributed by atoms with Crippen LogP contribution in [0, 0.1) is 6.92 Å². The number of hydrogen-bond acceptors (Lipinski definition) is 5. The molecule has 9 heteroatoms. The summed E-state index contributed by atoms with van der Waals surface area (Å²) >= 11 is 0. The van der Waals surface area contributed by atoms with Crippen LogP contribution in [0.25, 0.3) is 0 Å². The summed E-state index contributed by atoms with van der Waals surface area (Å²) in [5.41, 5.74) is 3.56. The number of amides is 2. The van der Waals surface area contributed by atoms with E-state index in [4.69, 9.17) is 0 Å². The van der Waals surface area contributed by atoms with E-state index in [9.17, 15) is 22.8 Å². The van der Waals surface area contributed by atoms with E-state index in [0.717, 1.165) is 40.3 Å². The number of benzene rings is 2. The summed E-state index contributed by atoms with van der Waals surface area (Å²) in [5, 5.41) is 5.66. The van der Waals surface area contributed by atoms with Crippen molar-refractivity contribution in [3.05, 3.63) is 64.7 Å². The third kappa shape index (κ3) is 4.90. The highest BCUT2D eigenvalue weighted by molar-refractivity contribution is 7.89. The second-order valence-electron chi connectivity index (χ2n) is 8.92. The largest absolute Gasteiger partial charge is 0.353 e. The summed E-state index contributed by atoms with van der Waals surface area (Å²) in [5.74, 6) is -0.876. The Labute approximate surface area is 199 Å². The van der Waals surface area contributed by atoms with Crippen LogP contribution in [0.4, 0.5) is 0 Å². The van der Waals surface area contributed by atoms with Crippen molar-refractivity contribution in [3.63, 3.8) is 0 Å². The van der Waals surface area contributed by atoms with E-state index in [1.165, 1.54) is 19.1 Å². The number of aryl methyl sites for hydroxylation is 2. The van der Waals surface area contributed by atoms with Crippen molar-refractivity contribution in [2.45, 2.75) is 56.5 Å². The molecule has 2 aliphatic rings. The molecular formula is C25H29N3O5S. The summed E-state index contributed by atoms with van der Waals surface area (Å²) in [6.45, 7) is 3.67. The van der Waals surface area contributed by atoms with Gasteiger partial charge in [0.2, 0.25) is 21.8 Å². The lowest BCUT2D eigenvalue weighted by Gasteiger charge is -2.34.